The lowest BCUT2D eigenvalue weighted by Crippen LogP contribution is -2.48. The molecule has 0 bridgehead atoms. The zero-order chi connectivity index (χ0) is 17.6. The third kappa shape index (κ3) is 4.33. The van der Waals surface area contributed by atoms with Gasteiger partial charge in [-0.3, -0.25) is 9.78 Å². The summed E-state index contributed by atoms with van der Waals surface area (Å²) < 4.78 is 10.8. The van der Waals surface area contributed by atoms with Crippen molar-refractivity contribution in [3.63, 3.8) is 0 Å². The number of nitrogens with zero attached hydrogens (tertiary/aromatic N) is 2. The highest BCUT2D eigenvalue weighted by molar-refractivity contribution is 5.95. The summed E-state index contributed by atoms with van der Waals surface area (Å²) in [6.45, 7) is 0.961. The molecule has 130 valence electrons. The van der Waals surface area contributed by atoms with Crippen LogP contribution in [0.2, 0.25) is 0 Å². The monoisotopic (exact) mass is 342 g/mol. The van der Waals surface area contributed by atoms with Crippen molar-refractivity contribution in [1.82, 2.24) is 9.88 Å². The smallest absolute Gasteiger partial charge is 0.334 e. The van der Waals surface area contributed by atoms with Gasteiger partial charge in [0.05, 0.1) is 13.2 Å². The predicted octanol–water partition coefficient (Wildman–Crippen LogP) is 1.59. The number of carboxylic acid groups (broad SMARTS) is 1. The van der Waals surface area contributed by atoms with Crippen molar-refractivity contribution in [3.8, 4) is 5.75 Å². The fourth-order valence-electron chi connectivity index (χ4n) is 2.53. The number of rotatable bonds is 5. The first-order valence-corrected chi connectivity index (χ1v) is 7.89. The van der Waals surface area contributed by atoms with Crippen molar-refractivity contribution in [3.05, 3.63) is 59.9 Å². The Morgan fingerprint density at radius 2 is 2.20 bits per heavy atom. The zero-order valence-corrected chi connectivity index (χ0v) is 13.5. The highest BCUT2D eigenvalue weighted by atomic mass is 16.5. The van der Waals surface area contributed by atoms with Crippen LogP contribution in [-0.4, -0.2) is 52.7 Å². The first-order chi connectivity index (χ1) is 12.1. The SMILES string of the molecule is O=C(O)C1CN(C(=O)c2cccc(OCc3cccnc3)c2)CCO1. The molecule has 1 N–H and O–H groups in total. The fraction of sp³-hybridized carbons (Fsp3) is 0.278. The molecule has 0 aliphatic carbocycles. The van der Waals surface area contributed by atoms with Crippen LogP contribution in [0.15, 0.2) is 48.8 Å². The number of carboxylic acids is 1. The van der Waals surface area contributed by atoms with Gasteiger partial charge in [0.15, 0.2) is 6.10 Å². The molecule has 0 radical (unpaired) electrons. The van der Waals surface area contributed by atoms with E-state index in [0.29, 0.717) is 24.5 Å². The lowest BCUT2D eigenvalue weighted by molar-refractivity contribution is -0.154. The van der Waals surface area contributed by atoms with E-state index in [-0.39, 0.29) is 19.1 Å². The lowest BCUT2D eigenvalue weighted by Gasteiger charge is -2.31. The van der Waals surface area contributed by atoms with Gasteiger partial charge in [0.2, 0.25) is 0 Å². The standard InChI is InChI=1S/C18H18N2O5/c21-17(20-7-8-24-16(11-20)18(22)23)14-4-1-5-15(9-14)25-12-13-3-2-6-19-10-13/h1-6,9-10,16H,7-8,11-12H2,(H,22,23). The van der Waals surface area contributed by atoms with Gasteiger partial charge in [-0.2, -0.15) is 0 Å². The van der Waals surface area contributed by atoms with Crippen LogP contribution in [0.3, 0.4) is 0 Å². The summed E-state index contributed by atoms with van der Waals surface area (Å²) in [5.74, 6) is -0.731. The molecule has 2 heterocycles. The quantitative estimate of drug-likeness (QED) is 0.887. The summed E-state index contributed by atoms with van der Waals surface area (Å²) in [4.78, 5) is 29.2. The van der Waals surface area contributed by atoms with Crippen LogP contribution in [-0.2, 0) is 16.1 Å². The van der Waals surface area contributed by atoms with Gasteiger partial charge in [-0.1, -0.05) is 12.1 Å². The van der Waals surface area contributed by atoms with Gasteiger partial charge < -0.3 is 19.5 Å². The van der Waals surface area contributed by atoms with Crippen molar-refractivity contribution in [1.29, 1.82) is 0 Å². The number of aromatic nitrogens is 1. The lowest BCUT2D eigenvalue weighted by atomic mass is 10.1. The maximum atomic E-state index is 12.6. The summed E-state index contributed by atoms with van der Waals surface area (Å²) in [6, 6.07) is 10.6. The van der Waals surface area contributed by atoms with E-state index in [1.54, 1.807) is 36.7 Å². The third-order valence-corrected chi connectivity index (χ3v) is 3.84. The van der Waals surface area contributed by atoms with Gasteiger partial charge in [-0.15, -0.1) is 0 Å². The highest BCUT2D eigenvalue weighted by Crippen LogP contribution is 2.18. The van der Waals surface area contributed by atoms with Crippen LogP contribution in [0.25, 0.3) is 0 Å². The van der Waals surface area contributed by atoms with Crippen LogP contribution in [0.4, 0.5) is 0 Å². The Bertz CT molecular complexity index is 750. The minimum atomic E-state index is -1.06. The average Bonchev–Trinajstić information content (AvgIpc) is 2.67. The van der Waals surface area contributed by atoms with Gasteiger partial charge in [-0.05, 0) is 24.3 Å². The summed E-state index contributed by atoms with van der Waals surface area (Å²) in [7, 11) is 0. The molecule has 25 heavy (non-hydrogen) atoms. The molecule has 7 nitrogen and oxygen atoms in total. The van der Waals surface area contributed by atoms with Crippen LogP contribution < -0.4 is 4.74 Å². The maximum Gasteiger partial charge on any atom is 0.334 e. The Balaban J connectivity index is 1.66. The molecule has 0 saturated carbocycles. The number of ether oxygens (including phenoxy) is 2. The number of pyridine rings is 1. The second-order valence-corrected chi connectivity index (χ2v) is 5.63. The maximum absolute atomic E-state index is 12.6. The van der Waals surface area contributed by atoms with Crippen molar-refractivity contribution in [2.45, 2.75) is 12.7 Å². The number of morpholine rings is 1. The highest BCUT2D eigenvalue weighted by Gasteiger charge is 2.29. The van der Waals surface area contributed by atoms with Crippen molar-refractivity contribution >= 4 is 11.9 Å². The van der Waals surface area contributed by atoms with E-state index in [4.69, 9.17) is 14.6 Å². The Hall–Kier alpha value is -2.93. The molecular weight excluding hydrogens is 324 g/mol. The van der Waals surface area contributed by atoms with Gasteiger partial charge in [0.25, 0.3) is 5.91 Å². The largest absolute Gasteiger partial charge is 0.489 e. The Morgan fingerprint density at radius 1 is 1.32 bits per heavy atom. The molecule has 1 amide bonds. The Kier molecular flexibility index (Phi) is 5.25. The van der Waals surface area contributed by atoms with E-state index in [1.165, 1.54) is 4.90 Å². The second-order valence-electron chi connectivity index (χ2n) is 5.63. The van der Waals surface area contributed by atoms with Gasteiger partial charge >= 0.3 is 5.97 Å². The number of hydrogen-bond acceptors (Lipinski definition) is 5. The molecule has 0 spiro atoms. The Labute approximate surface area is 144 Å². The normalized spacial score (nSPS) is 17.1. The third-order valence-electron chi connectivity index (χ3n) is 3.84. The first kappa shape index (κ1) is 16.9. The molecule has 2 aromatic rings. The molecule has 1 atom stereocenters. The summed E-state index contributed by atoms with van der Waals surface area (Å²) in [5, 5.41) is 9.04. The summed E-state index contributed by atoms with van der Waals surface area (Å²) in [5.41, 5.74) is 1.38. The van der Waals surface area contributed by atoms with Crippen LogP contribution in [0, 0.1) is 0 Å². The van der Waals surface area contributed by atoms with Crippen LogP contribution in [0.5, 0.6) is 5.75 Å². The molecule has 1 aliphatic heterocycles. The molecule has 1 aromatic heterocycles. The van der Waals surface area contributed by atoms with E-state index in [9.17, 15) is 9.59 Å². The van der Waals surface area contributed by atoms with E-state index >= 15 is 0 Å². The van der Waals surface area contributed by atoms with Crippen molar-refractivity contribution in [2.24, 2.45) is 0 Å². The molecular formula is C18H18N2O5. The number of carbonyl (C=O) groups excluding carboxylic acids is 1. The average molecular weight is 342 g/mol. The minimum absolute atomic E-state index is 0.0366. The number of benzene rings is 1. The molecule has 7 heteroatoms. The molecule has 1 aliphatic rings. The van der Waals surface area contributed by atoms with Crippen LogP contribution >= 0.6 is 0 Å². The van der Waals surface area contributed by atoms with E-state index in [1.807, 2.05) is 12.1 Å². The van der Waals surface area contributed by atoms with E-state index < -0.39 is 12.1 Å². The molecule has 1 saturated heterocycles. The van der Waals surface area contributed by atoms with Gasteiger partial charge in [0, 0.05) is 30.1 Å². The second kappa shape index (κ2) is 7.76. The topological polar surface area (TPSA) is 89.0 Å². The van der Waals surface area contributed by atoms with Crippen molar-refractivity contribution in [2.75, 3.05) is 19.7 Å². The van der Waals surface area contributed by atoms with Gasteiger partial charge in [-0.25, -0.2) is 4.79 Å². The number of carbonyl (C=O) groups is 2. The fourth-order valence-corrected chi connectivity index (χ4v) is 2.53. The summed E-state index contributed by atoms with van der Waals surface area (Å²) in [6.07, 6.45) is 2.42. The first-order valence-electron chi connectivity index (χ1n) is 7.89. The molecule has 1 fully saturated rings. The van der Waals surface area contributed by atoms with E-state index in [0.717, 1.165) is 5.56 Å². The molecule has 3 rings (SSSR count). The van der Waals surface area contributed by atoms with E-state index in [2.05, 4.69) is 4.98 Å². The molecule has 1 aromatic carbocycles. The van der Waals surface area contributed by atoms with Crippen molar-refractivity contribution < 1.29 is 24.2 Å². The minimum Gasteiger partial charge on any atom is -0.489 e. The summed E-state index contributed by atoms with van der Waals surface area (Å²) >= 11 is 0. The van der Waals surface area contributed by atoms with Gasteiger partial charge in [0.1, 0.15) is 12.4 Å². The van der Waals surface area contributed by atoms with Crippen LogP contribution in [0.1, 0.15) is 15.9 Å². The Morgan fingerprint density at radius 3 is 2.96 bits per heavy atom. The number of aliphatic carboxylic acids is 1. The number of hydrogen-bond donors (Lipinski definition) is 1. The zero-order valence-electron chi connectivity index (χ0n) is 13.5. The predicted molar refractivity (Wildman–Crippen MR) is 88.3 cm³/mol. The molecule has 1 unspecified atom stereocenters. The number of amides is 1.